The van der Waals surface area contributed by atoms with Gasteiger partial charge < -0.3 is 10.1 Å². The molecule has 0 saturated carbocycles. The predicted molar refractivity (Wildman–Crippen MR) is 88.7 cm³/mol. The summed E-state index contributed by atoms with van der Waals surface area (Å²) in [5.41, 5.74) is 3.67. The fourth-order valence-corrected chi connectivity index (χ4v) is 2.64. The average Bonchev–Trinajstić information content (AvgIpc) is 2.66. The number of aryl methyl sites for hydroxylation is 1. The van der Waals surface area contributed by atoms with Gasteiger partial charge in [0.05, 0.1) is 24.4 Å². The van der Waals surface area contributed by atoms with E-state index in [-0.39, 0.29) is 5.60 Å². The van der Waals surface area contributed by atoms with Crippen LogP contribution < -0.4 is 5.32 Å². The van der Waals surface area contributed by atoms with Crippen molar-refractivity contribution in [2.75, 3.05) is 13.2 Å². The third-order valence-corrected chi connectivity index (χ3v) is 3.67. The molecule has 0 bridgehead atoms. The summed E-state index contributed by atoms with van der Waals surface area (Å²) in [6.07, 6.45) is 2.24. The second-order valence-electron chi connectivity index (χ2n) is 6.68. The van der Waals surface area contributed by atoms with Gasteiger partial charge in [-0.15, -0.1) is 0 Å². The Hall–Kier alpha value is -0.870. The van der Waals surface area contributed by atoms with Gasteiger partial charge >= 0.3 is 0 Å². The van der Waals surface area contributed by atoms with E-state index in [2.05, 4.69) is 58.5 Å². The molecule has 1 aromatic heterocycles. The van der Waals surface area contributed by atoms with E-state index in [1.54, 1.807) is 0 Å². The van der Waals surface area contributed by atoms with Crippen LogP contribution in [0.3, 0.4) is 0 Å². The maximum atomic E-state index is 5.81. The molecule has 0 aliphatic heterocycles. The van der Waals surface area contributed by atoms with Gasteiger partial charge in [0.2, 0.25) is 0 Å². The molecule has 1 aromatic rings. The van der Waals surface area contributed by atoms with Crippen molar-refractivity contribution >= 4 is 0 Å². The topological polar surface area (TPSA) is 39.1 Å². The molecule has 0 saturated heterocycles. The van der Waals surface area contributed by atoms with Crippen molar-refractivity contribution in [3.05, 3.63) is 17.0 Å². The van der Waals surface area contributed by atoms with Gasteiger partial charge in [-0.1, -0.05) is 13.8 Å². The zero-order valence-corrected chi connectivity index (χ0v) is 14.9. The van der Waals surface area contributed by atoms with E-state index < -0.39 is 0 Å². The van der Waals surface area contributed by atoms with Crippen LogP contribution in [-0.4, -0.2) is 28.5 Å². The Labute approximate surface area is 130 Å². The Morgan fingerprint density at radius 1 is 1.24 bits per heavy atom. The van der Waals surface area contributed by atoms with Crippen LogP contribution in [-0.2, 0) is 11.3 Å². The first-order valence-corrected chi connectivity index (χ1v) is 8.21. The molecule has 0 radical (unpaired) electrons. The van der Waals surface area contributed by atoms with Gasteiger partial charge in [0.25, 0.3) is 0 Å². The molecular formula is C17H33N3O. The number of hydrogen-bond acceptors (Lipinski definition) is 3. The maximum absolute atomic E-state index is 5.81. The summed E-state index contributed by atoms with van der Waals surface area (Å²) in [5, 5.41) is 8.33. The van der Waals surface area contributed by atoms with Crippen molar-refractivity contribution in [3.8, 4) is 0 Å². The van der Waals surface area contributed by atoms with Crippen LogP contribution in [0.25, 0.3) is 0 Å². The van der Waals surface area contributed by atoms with E-state index in [0.717, 1.165) is 31.6 Å². The third-order valence-electron chi connectivity index (χ3n) is 3.67. The summed E-state index contributed by atoms with van der Waals surface area (Å²) >= 11 is 0. The van der Waals surface area contributed by atoms with Crippen LogP contribution in [0.4, 0.5) is 0 Å². The largest absolute Gasteiger partial charge is 0.374 e. The van der Waals surface area contributed by atoms with E-state index >= 15 is 0 Å². The average molecular weight is 295 g/mol. The molecule has 1 unspecified atom stereocenters. The van der Waals surface area contributed by atoms with Crippen LogP contribution in [0, 0.1) is 13.8 Å². The Kier molecular flexibility index (Phi) is 6.88. The van der Waals surface area contributed by atoms with Crippen LogP contribution in [0.15, 0.2) is 0 Å². The second-order valence-corrected chi connectivity index (χ2v) is 6.68. The quantitative estimate of drug-likeness (QED) is 0.793. The maximum Gasteiger partial charge on any atom is 0.0669 e. The molecule has 0 amide bonds. The molecule has 0 fully saturated rings. The highest BCUT2D eigenvalue weighted by atomic mass is 16.5. The van der Waals surface area contributed by atoms with Gasteiger partial charge in [-0.2, -0.15) is 5.10 Å². The first kappa shape index (κ1) is 18.2. The van der Waals surface area contributed by atoms with Crippen molar-refractivity contribution in [2.45, 2.75) is 79.5 Å². The van der Waals surface area contributed by atoms with Gasteiger partial charge in [-0.3, -0.25) is 4.68 Å². The molecule has 0 aromatic carbocycles. The normalized spacial score (nSPS) is 13.7. The van der Waals surface area contributed by atoms with Crippen molar-refractivity contribution in [3.63, 3.8) is 0 Å². The van der Waals surface area contributed by atoms with E-state index in [1.807, 2.05) is 0 Å². The molecule has 0 aliphatic rings. The molecule has 1 rings (SSSR count). The van der Waals surface area contributed by atoms with Gasteiger partial charge in [0, 0.05) is 17.3 Å². The van der Waals surface area contributed by atoms with Crippen LogP contribution in [0.2, 0.25) is 0 Å². The van der Waals surface area contributed by atoms with Crippen molar-refractivity contribution < 1.29 is 4.74 Å². The predicted octanol–water partition coefficient (Wildman–Crippen LogP) is 3.77. The minimum Gasteiger partial charge on any atom is -0.374 e. The third kappa shape index (κ3) is 5.44. The molecule has 4 heteroatoms. The van der Waals surface area contributed by atoms with Crippen molar-refractivity contribution in [2.24, 2.45) is 0 Å². The molecule has 1 heterocycles. The summed E-state index contributed by atoms with van der Waals surface area (Å²) in [4.78, 5) is 0. The molecule has 4 nitrogen and oxygen atoms in total. The monoisotopic (exact) mass is 295 g/mol. The second kappa shape index (κ2) is 7.95. The zero-order valence-electron chi connectivity index (χ0n) is 14.9. The molecule has 1 N–H and O–H groups in total. The fourth-order valence-electron chi connectivity index (χ4n) is 2.64. The minimum atomic E-state index is -0.0897. The standard InChI is InChI=1S/C17H33N3O/c1-8-10-18-15(9-2)16-13(3)19-20(14(16)4)11-12-21-17(5,6)7/h15,18H,8-12H2,1-7H3. The van der Waals surface area contributed by atoms with Crippen LogP contribution >= 0.6 is 0 Å². The highest BCUT2D eigenvalue weighted by Crippen LogP contribution is 2.24. The number of hydrogen-bond donors (Lipinski definition) is 1. The van der Waals surface area contributed by atoms with Crippen molar-refractivity contribution in [1.82, 2.24) is 15.1 Å². The molecule has 1 atom stereocenters. The molecular weight excluding hydrogens is 262 g/mol. The number of aromatic nitrogens is 2. The van der Waals surface area contributed by atoms with Crippen LogP contribution in [0.1, 0.15) is 70.5 Å². The van der Waals surface area contributed by atoms with Crippen LogP contribution in [0.5, 0.6) is 0 Å². The first-order valence-electron chi connectivity index (χ1n) is 8.21. The molecule has 122 valence electrons. The SMILES string of the molecule is CCCNC(CC)c1c(C)nn(CCOC(C)(C)C)c1C. The first-order chi connectivity index (χ1) is 9.80. The summed E-state index contributed by atoms with van der Waals surface area (Å²) in [6, 6.07) is 0.405. The summed E-state index contributed by atoms with van der Waals surface area (Å²) in [6.45, 7) is 17.5. The summed E-state index contributed by atoms with van der Waals surface area (Å²) in [7, 11) is 0. The van der Waals surface area contributed by atoms with E-state index in [0.29, 0.717) is 12.6 Å². The molecule has 0 aliphatic carbocycles. The summed E-state index contributed by atoms with van der Waals surface area (Å²) in [5.74, 6) is 0. The van der Waals surface area contributed by atoms with Gasteiger partial charge in [-0.25, -0.2) is 0 Å². The number of ether oxygens (including phenoxy) is 1. The van der Waals surface area contributed by atoms with E-state index in [4.69, 9.17) is 9.84 Å². The highest BCUT2D eigenvalue weighted by Gasteiger charge is 2.19. The van der Waals surface area contributed by atoms with E-state index in [9.17, 15) is 0 Å². The number of nitrogens with zero attached hydrogens (tertiary/aromatic N) is 2. The Bertz CT molecular complexity index is 432. The lowest BCUT2D eigenvalue weighted by Gasteiger charge is -2.20. The Balaban J connectivity index is 2.79. The van der Waals surface area contributed by atoms with Gasteiger partial charge in [-0.05, 0) is 54.0 Å². The van der Waals surface area contributed by atoms with E-state index in [1.165, 1.54) is 11.3 Å². The Morgan fingerprint density at radius 2 is 1.90 bits per heavy atom. The fraction of sp³-hybridized carbons (Fsp3) is 0.824. The van der Waals surface area contributed by atoms with Gasteiger partial charge in [0.1, 0.15) is 0 Å². The van der Waals surface area contributed by atoms with Gasteiger partial charge in [0.15, 0.2) is 0 Å². The molecule has 0 spiro atoms. The minimum absolute atomic E-state index is 0.0897. The van der Waals surface area contributed by atoms with Crippen molar-refractivity contribution in [1.29, 1.82) is 0 Å². The lowest BCUT2D eigenvalue weighted by molar-refractivity contribution is -0.00811. The number of rotatable bonds is 8. The zero-order chi connectivity index (χ0) is 16.0. The molecule has 21 heavy (non-hydrogen) atoms. The lowest BCUT2D eigenvalue weighted by atomic mass is 10.0. The smallest absolute Gasteiger partial charge is 0.0669 e. The highest BCUT2D eigenvalue weighted by molar-refractivity contribution is 5.28. The lowest BCUT2D eigenvalue weighted by Crippen LogP contribution is -2.23. The Morgan fingerprint density at radius 3 is 2.43 bits per heavy atom. The summed E-state index contributed by atoms with van der Waals surface area (Å²) < 4.78 is 7.90. The number of nitrogens with one attached hydrogen (secondary N) is 1.